The molecule has 3 N–H and O–H groups in total. The Hall–Kier alpha value is -0.827. The van der Waals surface area contributed by atoms with Crippen molar-refractivity contribution in [3.63, 3.8) is 0 Å². The molecule has 0 bridgehead atoms. The molecule has 1 aromatic carbocycles. The van der Waals surface area contributed by atoms with E-state index in [0.29, 0.717) is 0 Å². The molecule has 12 heavy (non-hydrogen) atoms. The van der Waals surface area contributed by atoms with Crippen LogP contribution in [0.3, 0.4) is 0 Å². The fourth-order valence-electron chi connectivity index (χ4n) is 0.747. The van der Waals surface area contributed by atoms with Crippen LogP contribution in [0.5, 0.6) is 11.5 Å². The fourth-order valence-corrected chi connectivity index (χ4v) is 0.747. The van der Waals surface area contributed by atoms with Gasteiger partial charge in [-0.2, -0.15) is 0 Å². The number of carboxylic acids is 1. The van der Waals surface area contributed by atoms with Crippen molar-refractivity contribution in [2.24, 2.45) is 0 Å². The summed E-state index contributed by atoms with van der Waals surface area (Å²) in [4.78, 5) is 10.3. The van der Waals surface area contributed by atoms with Gasteiger partial charge >= 0.3 is 32.2 Å². The number of rotatable bonds is 1. The molecule has 0 aromatic heterocycles. The van der Waals surface area contributed by atoms with Gasteiger partial charge in [-0.25, -0.2) is 4.79 Å². The van der Waals surface area contributed by atoms with Crippen molar-refractivity contribution in [3.8, 4) is 11.5 Å². The first-order valence-electron chi connectivity index (χ1n) is 2.87. The van der Waals surface area contributed by atoms with Crippen molar-refractivity contribution >= 4 is 32.2 Å². The first kappa shape index (κ1) is 11.2. The maximum atomic E-state index is 10.3. The first-order chi connectivity index (χ1) is 5.13. The van der Waals surface area contributed by atoms with Gasteiger partial charge in [0, 0.05) is 0 Å². The number of phenols is 2. The van der Waals surface area contributed by atoms with Gasteiger partial charge in [-0.3, -0.25) is 0 Å². The van der Waals surface area contributed by atoms with E-state index in [1.807, 2.05) is 0 Å². The van der Waals surface area contributed by atoms with E-state index in [9.17, 15) is 4.79 Å². The summed E-state index contributed by atoms with van der Waals surface area (Å²) < 4.78 is 0. The minimum absolute atomic E-state index is 0. The third kappa shape index (κ3) is 2.08. The predicted octanol–water partition coefficient (Wildman–Crippen LogP) is -0.388. The summed E-state index contributed by atoms with van der Waals surface area (Å²) in [5, 5.41) is 26.3. The molecule has 0 fully saturated rings. The number of carbonyl (C=O) groups is 1. The molecule has 0 aliphatic rings. The fraction of sp³-hybridized carbons (Fsp3) is 0. The summed E-state index contributed by atoms with van der Waals surface area (Å²) in [7, 11) is 0. The SMILES string of the molecule is O=C(O)c1c(O)cccc1O.[BiH3]. The number of carboxylic acid groups (broad SMARTS) is 1. The van der Waals surface area contributed by atoms with Crippen molar-refractivity contribution in [2.75, 3.05) is 0 Å². The van der Waals surface area contributed by atoms with Crippen LogP contribution in [0.2, 0.25) is 0 Å². The molecule has 0 saturated heterocycles. The molecule has 0 spiro atoms. The molecule has 1 aromatic rings. The van der Waals surface area contributed by atoms with Crippen LogP contribution in [0, 0.1) is 0 Å². The molecule has 0 aliphatic carbocycles. The van der Waals surface area contributed by atoms with Crippen molar-refractivity contribution in [1.82, 2.24) is 0 Å². The number of hydrogen-bond acceptors (Lipinski definition) is 3. The molecule has 0 saturated carbocycles. The van der Waals surface area contributed by atoms with Crippen LogP contribution in [-0.4, -0.2) is 47.5 Å². The molecule has 0 atom stereocenters. The van der Waals surface area contributed by atoms with Gasteiger partial charge in [0.15, 0.2) is 0 Å². The van der Waals surface area contributed by atoms with Crippen molar-refractivity contribution in [3.05, 3.63) is 23.8 Å². The third-order valence-electron chi connectivity index (χ3n) is 1.23. The molecular weight excluding hydrogens is 357 g/mol. The number of hydrogen-bond donors (Lipinski definition) is 3. The summed E-state index contributed by atoms with van der Waals surface area (Å²) in [6.45, 7) is 0. The summed E-state index contributed by atoms with van der Waals surface area (Å²) in [6, 6.07) is 3.75. The van der Waals surface area contributed by atoms with Gasteiger partial charge in [0.2, 0.25) is 0 Å². The second-order valence-corrected chi connectivity index (χ2v) is 1.98. The number of aromatic hydroxyl groups is 2. The van der Waals surface area contributed by atoms with Crippen molar-refractivity contribution in [2.45, 2.75) is 0 Å². The van der Waals surface area contributed by atoms with E-state index in [2.05, 4.69) is 0 Å². The van der Waals surface area contributed by atoms with E-state index in [4.69, 9.17) is 15.3 Å². The van der Waals surface area contributed by atoms with Crippen LogP contribution in [0.4, 0.5) is 0 Å². The number of benzene rings is 1. The second kappa shape index (κ2) is 4.26. The molecule has 0 unspecified atom stereocenters. The van der Waals surface area contributed by atoms with Gasteiger partial charge in [-0.05, 0) is 12.1 Å². The summed E-state index contributed by atoms with van der Waals surface area (Å²) in [5.74, 6) is -2.21. The zero-order valence-corrected chi connectivity index (χ0v) is 11.7. The molecule has 0 radical (unpaired) electrons. The van der Waals surface area contributed by atoms with E-state index in [-0.39, 0.29) is 26.2 Å². The molecule has 0 heterocycles. The average molecular weight is 366 g/mol. The van der Waals surface area contributed by atoms with Gasteiger partial charge in [-0.1, -0.05) is 6.07 Å². The Kier molecular flexibility index (Phi) is 3.97. The summed E-state index contributed by atoms with van der Waals surface area (Å²) in [5.41, 5.74) is -0.465. The molecular formula is C7H9BiO4. The minimum atomic E-state index is -1.35. The predicted molar refractivity (Wildman–Crippen MR) is 46.7 cm³/mol. The molecule has 5 heteroatoms. The Morgan fingerprint density at radius 1 is 1.17 bits per heavy atom. The summed E-state index contributed by atoms with van der Waals surface area (Å²) >= 11 is 0. The Balaban J connectivity index is 0.00000121. The Morgan fingerprint density at radius 2 is 1.58 bits per heavy atom. The van der Waals surface area contributed by atoms with E-state index >= 15 is 0 Å². The Bertz CT molecular complexity index is 277. The molecule has 0 aliphatic heterocycles. The zero-order chi connectivity index (χ0) is 8.43. The Labute approximate surface area is 87.6 Å². The summed E-state index contributed by atoms with van der Waals surface area (Å²) in [6.07, 6.45) is 0. The van der Waals surface area contributed by atoms with Gasteiger partial charge in [0.25, 0.3) is 0 Å². The number of aromatic carboxylic acids is 1. The van der Waals surface area contributed by atoms with Crippen LogP contribution in [0.15, 0.2) is 18.2 Å². The van der Waals surface area contributed by atoms with Gasteiger partial charge in [-0.15, -0.1) is 0 Å². The monoisotopic (exact) mass is 366 g/mol. The van der Waals surface area contributed by atoms with Crippen LogP contribution in [-0.2, 0) is 0 Å². The van der Waals surface area contributed by atoms with Crippen LogP contribution >= 0.6 is 0 Å². The van der Waals surface area contributed by atoms with E-state index in [1.54, 1.807) is 0 Å². The van der Waals surface area contributed by atoms with Crippen molar-refractivity contribution < 1.29 is 20.1 Å². The molecule has 1 rings (SSSR count). The quantitative estimate of drug-likeness (QED) is 0.592. The van der Waals surface area contributed by atoms with E-state index < -0.39 is 23.0 Å². The first-order valence-corrected chi connectivity index (χ1v) is 2.87. The third-order valence-corrected chi connectivity index (χ3v) is 1.23. The van der Waals surface area contributed by atoms with Crippen LogP contribution in [0.1, 0.15) is 10.4 Å². The normalized spacial score (nSPS) is 8.67. The van der Waals surface area contributed by atoms with Crippen LogP contribution in [0.25, 0.3) is 0 Å². The van der Waals surface area contributed by atoms with Gasteiger partial charge < -0.3 is 15.3 Å². The Morgan fingerprint density at radius 3 is 1.83 bits per heavy atom. The maximum absolute atomic E-state index is 10.3. The standard InChI is InChI=1S/C7H6O4.Bi.3H/c8-4-2-1-3-5(9)6(4)7(10)11;;;;/h1-3,8-9H,(H,10,11);;;;. The molecule has 66 valence electrons. The van der Waals surface area contributed by atoms with Gasteiger partial charge in [0.05, 0.1) is 0 Å². The topological polar surface area (TPSA) is 77.8 Å². The van der Waals surface area contributed by atoms with Gasteiger partial charge in [0.1, 0.15) is 17.1 Å². The molecule has 4 nitrogen and oxygen atoms in total. The molecule has 0 amide bonds. The van der Waals surface area contributed by atoms with Crippen molar-refractivity contribution in [1.29, 1.82) is 0 Å². The van der Waals surface area contributed by atoms with Crippen LogP contribution < -0.4 is 0 Å². The zero-order valence-electron chi connectivity index (χ0n) is 6.19. The van der Waals surface area contributed by atoms with E-state index in [0.717, 1.165) is 0 Å². The second-order valence-electron chi connectivity index (χ2n) is 1.98. The van der Waals surface area contributed by atoms with E-state index in [1.165, 1.54) is 18.2 Å². The average Bonchev–Trinajstić information content (AvgIpc) is 1.85.